The Labute approximate surface area is 104 Å². The van der Waals surface area contributed by atoms with E-state index in [0.717, 1.165) is 11.3 Å². The van der Waals surface area contributed by atoms with Gasteiger partial charge in [-0.05, 0) is 37.6 Å². The number of aromatic nitrogens is 2. The highest BCUT2D eigenvalue weighted by Gasteiger charge is 2.01. The van der Waals surface area contributed by atoms with Gasteiger partial charge in [-0.25, -0.2) is 4.98 Å². The number of halogens is 1. The molecule has 0 aliphatic heterocycles. The first-order valence-electron chi connectivity index (χ1n) is 5.15. The Morgan fingerprint density at radius 1 is 1.29 bits per heavy atom. The van der Waals surface area contributed by atoms with Gasteiger partial charge in [-0.15, -0.1) is 0 Å². The van der Waals surface area contributed by atoms with Crippen molar-refractivity contribution >= 4 is 23.2 Å². The van der Waals surface area contributed by atoms with E-state index in [4.69, 9.17) is 11.6 Å². The number of nitrogens with one attached hydrogen (secondary N) is 2. The topological polar surface area (TPSA) is 57.8 Å². The summed E-state index contributed by atoms with van der Waals surface area (Å²) in [7, 11) is 0. The van der Waals surface area contributed by atoms with Gasteiger partial charge in [0.2, 0.25) is 5.95 Å². The molecule has 1 aromatic heterocycles. The van der Waals surface area contributed by atoms with E-state index in [1.165, 1.54) is 6.20 Å². The van der Waals surface area contributed by atoms with Gasteiger partial charge < -0.3 is 5.32 Å². The van der Waals surface area contributed by atoms with Crippen LogP contribution >= 0.6 is 11.6 Å². The molecule has 0 aliphatic carbocycles. The molecule has 0 fully saturated rings. The van der Waals surface area contributed by atoms with Crippen LogP contribution in [0.2, 0.25) is 5.02 Å². The minimum absolute atomic E-state index is 0.145. The van der Waals surface area contributed by atoms with Crippen molar-refractivity contribution in [3.63, 3.8) is 0 Å². The van der Waals surface area contributed by atoms with Gasteiger partial charge in [0.25, 0.3) is 5.56 Å². The van der Waals surface area contributed by atoms with Gasteiger partial charge >= 0.3 is 0 Å². The Morgan fingerprint density at radius 3 is 2.71 bits per heavy atom. The number of rotatable bonds is 2. The third kappa shape index (κ3) is 2.65. The lowest BCUT2D eigenvalue weighted by Gasteiger charge is -2.06. The number of benzene rings is 1. The highest BCUT2D eigenvalue weighted by molar-refractivity contribution is 6.31. The smallest absolute Gasteiger partial charge is 0.255 e. The van der Waals surface area contributed by atoms with Crippen LogP contribution in [0.3, 0.4) is 0 Å². The lowest BCUT2D eigenvalue weighted by atomic mass is 10.2. The van der Waals surface area contributed by atoms with Gasteiger partial charge in [-0.1, -0.05) is 11.6 Å². The van der Waals surface area contributed by atoms with Crippen molar-refractivity contribution in [3.8, 4) is 0 Å². The zero-order valence-corrected chi connectivity index (χ0v) is 10.3. The third-order valence-electron chi connectivity index (χ3n) is 2.40. The molecule has 0 saturated heterocycles. The van der Waals surface area contributed by atoms with Gasteiger partial charge in [-0.3, -0.25) is 9.78 Å². The van der Waals surface area contributed by atoms with Crippen LogP contribution in [-0.4, -0.2) is 9.97 Å². The van der Waals surface area contributed by atoms with E-state index in [1.807, 2.05) is 19.1 Å². The van der Waals surface area contributed by atoms with E-state index in [1.54, 1.807) is 13.0 Å². The van der Waals surface area contributed by atoms with Gasteiger partial charge in [0.1, 0.15) is 0 Å². The fourth-order valence-electron chi connectivity index (χ4n) is 1.38. The Bertz CT molecular complexity index is 607. The van der Waals surface area contributed by atoms with Crippen LogP contribution in [0.25, 0.3) is 0 Å². The SMILES string of the molecule is Cc1cc(Nc2ncc(C)c(=O)[nH]2)ccc1Cl. The number of hydrogen-bond acceptors (Lipinski definition) is 3. The molecule has 1 aromatic carbocycles. The van der Waals surface area contributed by atoms with Crippen molar-refractivity contribution in [2.45, 2.75) is 13.8 Å². The van der Waals surface area contributed by atoms with Gasteiger partial charge in [0.05, 0.1) is 0 Å². The number of aromatic amines is 1. The molecule has 0 bridgehead atoms. The van der Waals surface area contributed by atoms with Crippen LogP contribution in [0.4, 0.5) is 11.6 Å². The second kappa shape index (κ2) is 4.59. The van der Waals surface area contributed by atoms with Crippen molar-refractivity contribution in [3.05, 3.63) is 50.9 Å². The van der Waals surface area contributed by atoms with Crippen molar-refractivity contribution in [1.29, 1.82) is 0 Å². The van der Waals surface area contributed by atoms with E-state index in [-0.39, 0.29) is 5.56 Å². The molecule has 0 spiro atoms. The van der Waals surface area contributed by atoms with Crippen LogP contribution in [0.1, 0.15) is 11.1 Å². The maximum absolute atomic E-state index is 11.4. The van der Waals surface area contributed by atoms with Crippen LogP contribution in [-0.2, 0) is 0 Å². The van der Waals surface area contributed by atoms with Crippen LogP contribution in [0.5, 0.6) is 0 Å². The number of H-pyrrole nitrogens is 1. The highest BCUT2D eigenvalue weighted by atomic mass is 35.5. The fourth-order valence-corrected chi connectivity index (χ4v) is 1.50. The largest absolute Gasteiger partial charge is 0.326 e. The molecule has 0 radical (unpaired) electrons. The summed E-state index contributed by atoms with van der Waals surface area (Å²) < 4.78 is 0. The number of aryl methyl sites for hydroxylation is 2. The summed E-state index contributed by atoms with van der Waals surface area (Å²) in [5, 5.41) is 3.72. The second-order valence-corrected chi connectivity index (χ2v) is 4.24. The molecule has 0 aliphatic rings. The molecule has 0 unspecified atom stereocenters. The third-order valence-corrected chi connectivity index (χ3v) is 2.82. The first kappa shape index (κ1) is 11.7. The molecule has 17 heavy (non-hydrogen) atoms. The summed E-state index contributed by atoms with van der Waals surface area (Å²) in [6.07, 6.45) is 1.53. The standard InChI is InChI=1S/C12H12ClN3O/c1-7-5-9(3-4-10(7)13)15-12-14-6-8(2)11(17)16-12/h3-6H,1-2H3,(H2,14,15,16,17). The molecule has 5 heteroatoms. The molecule has 2 aromatic rings. The van der Waals surface area contributed by atoms with Crippen molar-refractivity contribution in [1.82, 2.24) is 9.97 Å². The van der Waals surface area contributed by atoms with Gasteiger partial charge in [0, 0.05) is 22.5 Å². The van der Waals surface area contributed by atoms with E-state index >= 15 is 0 Å². The highest BCUT2D eigenvalue weighted by Crippen LogP contribution is 2.20. The number of nitrogens with zero attached hydrogens (tertiary/aromatic N) is 1. The summed E-state index contributed by atoms with van der Waals surface area (Å²) in [4.78, 5) is 18.1. The minimum Gasteiger partial charge on any atom is -0.326 e. The summed E-state index contributed by atoms with van der Waals surface area (Å²) in [6, 6.07) is 5.52. The molecular weight excluding hydrogens is 238 g/mol. The maximum atomic E-state index is 11.4. The summed E-state index contributed by atoms with van der Waals surface area (Å²) >= 11 is 5.93. The van der Waals surface area contributed by atoms with Gasteiger partial charge in [-0.2, -0.15) is 0 Å². The molecule has 0 atom stereocenters. The van der Waals surface area contributed by atoms with Crippen molar-refractivity contribution in [2.24, 2.45) is 0 Å². The molecule has 0 saturated carbocycles. The Morgan fingerprint density at radius 2 is 2.06 bits per heavy atom. The molecule has 1 heterocycles. The molecule has 0 amide bonds. The maximum Gasteiger partial charge on any atom is 0.255 e. The monoisotopic (exact) mass is 249 g/mol. The van der Waals surface area contributed by atoms with E-state index in [2.05, 4.69) is 15.3 Å². The van der Waals surface area contributed by atoms with Crippen LogP contribution in [0.15, 0.2) is 29.2 Å². The van der Waals surface area contributed by atoms with Crippen LogP contribution in [0, 0.1) is 13.8 Å². The molecule has 4 nitrogen and oxygen atoms in total. The van der Waals surface area contributed by atoms with E-state index in [0.29, 0.717) is 16.5 Å². The molecule has 2 rings (SSSR count). The van der Waals surface area contributed by atoms with E-state index < -0.39 is 0 Å². The van der Waals surface area contributed by atoms with Crippen molar-refractivity contribution < 1.29 is 0 Å². The van der Waals surface area contributed by atoms with Crippen molar-refractivity contribution in [2.75, 3.05) is 5.32 Å². The van der Waals surface area contributed by atoms with Crippen LogP contribution < -0.4 is 10.9 Å². The summed E-state index contributed by atoms with van der Waals surface area (Å²) in [5.74, 6) is 0.419. The Balaban J connectivity index is 2.28. The molecule has 88 valence electrons. The quantitative estimate of drug-likeness (QED) is 0.861. The van der Waals surface area contributed by atoms with Gasteiger partial charge in [0.15, 0.2) is 0 Å². The molecule has 2 N–H and O–H groups in total. The first-order valence-corrected chi connectivity index (χ1v) is 5.53. The zero-order valence-electron chi connectivity index (χ0n) is 9.54. The molecular formula is C12H12ClN3O. The number of anilines is 2. The normalized spacial score (nSPS) is 10.3. The summed E-state index contributed by atoms with van der Waals surface area (Å²) in [5.41, 5.74) is 2.24. The predicted molar refractivity (Wildman–Crippen MR) is 69.1 cm³/mol. The zero-order chi connectivity index (χ0) is 12.4. The fraction of sp³-hybridized carbons (Fsp3) is 0.167. The Hall–Kier alpha value is -1.81. The minimum atomic E-state index is -0.145. The Kier molecular flexibility index (Phi) is 3.15. The average molecular weight is 250 g/mol. The average Bonchev–Trinajstić information content (AvgIpc) is 2.29. The number of hydrogen-bond donors (Lipinski definition) is 2. The second-order valence-electron chi connectivity index (χ2n) is 3.83. The lowest BCUT2D eigenvalue weighted by molar-refractivity contribution is 1.08. The first-order chi connectivity index (χ1) is 8.06. The lowest BCUT2D eigenvalue weighted by Crippen LogP contribution is -2.12. The van der Waals surface area contributed by atoms with E-state index in [9.17, 15) is 4.79 Å². The summed E-state index contributed by atoms with van der Waals surface area (Å²) in [6.45, 7) is 3.63. The predicted octanol–water partition coefficient (Wildman–Crippen LogP) is 2.78.